The van der Waals surface area contributed by atoms with E-state index >= 15 is 0 Å². The Hall–Kier alpha value is -0.860. The highest BCUT2D eigenvalue weighted by Crippen LogP contribution is 2.38. The average Bonchev–Trinajstić information content (AvgIpc) is 2.79. The van der Waals surface area contributed by atoms with Gasteiger partial charge in [-0.1, -0.05) is 24.3 Å². The van der Waals surface area contributed by atoms with Crippen LogP contribution in [0.3, 0.4) is 0 Å². The van der Waals surface area contributed by atoms with Crippen molar-refractivity contribution < 1.29 is 9.84 Å². The van der Waals surface area contributed by atoms with Crippen molar-refractivity contribution in [3.8, 4) is 0 Å². The molecule has 98 valence electrons. The van der Waals surface area contributed by atoms with Gasteiger partial charge in [-0.05, 0) is 56.1 Å². The maximum absolute atomic E-state index is 10.5. The molecule has 1 aromatic rings. The molecule has 3 rings (SSSR count). The van der Waals surface area contributed by atoms with Gasteiger partial charge in [-0.3, -0.25) is 0 Å². The van der Waals surface area contributed by atoms with E-state index in [1.165, 1.54) is 12.0 Å². The Morgan fingerprint density at radius 3 is 2.83 bits per heavy atom. The number of aliphatic hydroxyl groups is 1. The number of aliphatic hydroxyl groups excluding tert-OH is 1. The summed E-state index contributed by atoms with van der Waals surface area (Å²) in [5.74, 6) is 0.371. The van der Waals surface area contributed by atoms with Crippen molar-refractivity contribution in [2.24, 2.45) is 5.92 Å². The van der Waals surface area contributed by atoms with Crippen molar-refractivity contribution >= 4 is 0 Å². The topological polar surface area (TPSA) is 29.5 Å². The van der Waals surface area contributed by atoms with Crippen molar-refractivity contribution in [1.82, 2.24) is 0 Å². The van der Waals surface area contributed by atoms with Crippen LogP contribution in [0.1, 0.15) is 49.8 Å². The van der Waals surface area contributed by atoms with Crippen LogP contribution in [0.15, 0.2) is 24.3 Å². The lowest BCUT2D eigenvalue weighted by atomic mass is 9.78. The second-order valence-electron chi connectivity index (χ2n) is 5.82. The first-order valence-electron chi connectivity index (χ1n) is 7.15. The molecule has 1 saturated heterocycles. The van der Waals surface area contributed by atoms with E-state index in [0.717, 1.165) is 31.2 Å². The van der Waals surface area contributed by atoms with Crippen molar-refractivity contribution in [1.29, 1.82) is 0 Å². The lowest BCUT2D eigenvalue weighted by molar-refractivity contribution is 0.0103. The van der Waals surface area contributed by atoms with Gasteiger partial charge in [-0.15, -0.1) is 0 Å². The maximum Gasteiger partial charge on any atom is 0.0821 e. The smallest absolute Gasteiger partial charge is 0.0821 e. The van der Waals surface area contributed by atoms with Crippen molar-refractivity contribution in [2.75, 3.05) is 0 Å². The average molecular weight is 246 g/mol. The molecule has 18 heavy (non-hydrogen) atoms. The molecule has 0 amide bonds. The summed E-state index contributed by atoms with van der Waals surface area (Å²) in [5, 5.41) is 10.5. The van der Waals surface area contributed by atoms with Gasteiger partial charge in [0.2, 0.25) is 0 Å². The fourth-order valence-corrected chi connectivity index (χ4v) is 3.45. The summed E-state index contributed by atoms with van der Waals surface area (Å²) < 4.78 is 5.89. The van der Waals surface area contributed by atoms with Crippen LogP contribution in [0.5, 0.6) is 0 Å². The molecule has 4 unspecified atom stereocenters. The van der Waals surface area contributed by atoms with Crippen LogP contribution in [0.25, 0.3) is 0 Å². The molecule has 2 nitrogen and oxygen atoms in total. The first-order chi connectivity index (χ1) is 8.74. The minimum Gasteiger partial charge on any atom is -0.388 e. The Morgan fingerprint density at radius 1 is 1.22 bits per heavy atom. The fourth-order valence-electron chi connectivity index (χ4n) is 3.45. The zero-order valence-corrected chi connectivity index (χ0v) is 11.0. The molecule has 2 aliphatic rings. The molecule has 1 aliphatic heterocycles. The number of benzene rings is 1. The number of aryl methyl sites for hydroxylation is 1. The summed E-state index contributed by atoms with van der Waals surface area (Å²) in [6.45, 7) is 2.15. The molecule has 1 N–H and O–H groups in total. The predicted molar refractivity (Wildman–Crippen MR) is 71.4 cm³/mol. The van der Waals surface area contributed by atoms with E-state index in [2.05, 4.69) is 25.1 Å². The third-order valence-electron chi connectivity index (χ3n) is 4.49. The van der Waals surface area contributed by atoms with Gasteiger partial charge in [0.25, 0.3) is 0 Å². The van der Waals surface area contributed by atoms with Gasteiger partial charge in [0.15, 0.2) is 0 Å². The van der Waals surface area contributed by atoms with E-state index in [9.17, 15) is 5.11 Å². The molecule has 4 atom stereocenters. The van der Waals surface area contributed by atoms with Crippen LogP contribution in [-0.2, 0) is 11.2 Å². The van der Waals surface area contributed by atoms with Gasteiger partial charge < -0.3 is 9.84 Å². The van der Waals surface area contributed by atoms with Gasteiger partial charge >= 0.3 is 0 Å². The molecular weight excluding hydrogens is 224 g/mol. The Balaban J connectivity index is 1.69. The van der Waals surface area contributed by atoms with E-state index in [1.807, 2.05) is 6.07 Å². The number of fused-ring (bicyclic) bond motifs is 1. The summed E-state index contributed by atoms with van der Waals surface area (Å²) in [4.78, 5) is 0. The molecule has 0 bridgehead atoms. The molecule has 0 radical (unpaired) electrons. The van der Waals surface area contributed by atoms with Gasteiger partial charge in [0, 0.05) is 0 Å². The van der Waals surface area contributed by atoms with Crippen LogP contribution in [0, 0.1) is 5.92 Å². The summed E-state index contributed by atoms with van der Waals surface area (Å²) in [5.41, 5.74) is 2.46. The Bertz CT molecular complexity index is 415. The monoisotopic (exact) mass is 246 g/mol. The van der Waals surface area contributed by atoms with Crippen LogP contribution < -0.4 is 0 Å². The normalized spacial score (nSPS) is 35.4. The third kappa shape index (κ3) is 2.32. The molecular formula is C16H22O2. The minimum atomic E-state index is -0.297. The summed E-state index contributed by atoms with van der Waals surface area (Å²) in [6, 6.07) is 8.30. The zero-order chi connectivity index (χ0) is 12.5. The number of hydrogen-bond donors (Lipinski definition) is 1. The standard InChI is InChI=1S/C16H22O2/c1-11-6-9-14(18-11)10-13-8-7-12-4-2-3-5-15(12)16(13)17/h2-5,11,13-14,16-17H,6-10H2,1H3. The lowest BCUT2D eigenvalue weighted by Gasteiger charge is -2.31. The zero-order valence-electron chi connectivity index (χ0n) is 11.0. The van der Waals surface area contributed by atoms with Crippen LogP contribution >= 0.6 is 0 Å². The largest absolute Gasteiger partial charge is 0.388 e. The van der Waals surface area contributed by atoms with Crippen molar-refractivity contribution in [3.05, 3.63) is 35.4 Å². The molecule has 0 aromatic heterocycles. The molecule has 0 saturated carbocycles. The van der Waals surface area contributed by atoms with E-state index in [0.29, 0.717) is 18.1 Å². The van der Waals surface area contributed by atoms with Crippen LogP contribution in [0.2, 0.25) is 0 Å². The Labute approximate surface area is 109 Å². The second kappa shape index (κ2) is 5.02. The number of hydrogen-bond acceptors (Lipinski definition) is 2. The maximum atomic E-state index is 10.5. The van der Waals surface area contributed by atoms with Crippen molar-refractivity contribution in [2.45, 2.75) is 57.3 Å². The van der Waals surface area contributed by atoms with Gasteiger partial charge in [0.1, 0.15) is 0 Å². The highest BCUT2D eigenvalue weighted by Gasteiger charge is 2.32. The Kier molecular flexibility index (Phi) is 3.40. The van der Waals surface area contributed by atoms with Crippen molar-refractivity contribution in [3.63, 3.8) is 0 Å². The quantitative estimate of drug-likeness (QED) is 0.868. The van der Waals surface area contributed by atoms with Gasteiger partial charge in [-0.2, -0.15) is 0 Å². The third-order valence-corrected chi connectivity index (χ3v) is 4.49. The first-order valence-corrected chi connectivity index (χ1v) is 7.15. The van der Waals surface area contributed by atoms with E-state index in [4.69, 9.17) is 4.74 Å². The molecule has 1 aliphatic carbocycles. The fraction of sp³-hybridized carbons (Fsp3) is 0.625. The second-order valence-corrected chi connectivity index (χ2v) is 5.82. The van der Waals surface area contributed by atoms with Gasteiger partial charge in [0.05, 0.1) is 18.3 Å². The van der Waals surface area contributed by atoms with Crippen LogP contribution in [-0.4, -0.2) is 17.3 Å². The molecule has 1 heterocycles. The Morgan fingerprint density at radius 2 is 2.06 bits per heavy atom. The van der Waals surface area contributed by atoms with Gasteiger partial charge in [-0.25, -0.2) is 0 Å². The summed E-state index contributed by atoms with van der Waals surface area (Å²) in [6.07, 6.45) is 6.00. The van der Waals surface area contributed by atoms with E-state index in [1.54, 1.807) is 0 Å². The molecule has 0 spiro atoms. The van der Waals surface area contributed by atoms with E-state index < -0.39 is 0 Å². The highest BCUT2D eigenvalue weighted by molar-refractivity contribution is 5.31. The molecule has 1 fully saturated rings. The lowest BCUT2D eigenvalue weighted by Crippen LogP contribution is -2.24. The minimum absolute atomic E-state index is 0.297. The highest BCUT2D eigenvalue weighted by atomic mass is 16.5. The summed E-state index contributed by atoms with van der Waals surface area (Å²) >= 11 is 0. The van der Waals surface area contributed by atoms with Crippen LogP contribution in [0.4, 0.5) is 0 Å². The number of rotatable bonds is 2. The summed E-state index contributed by atoms with van der Waals surface area (Å²) in [7, 11) is 0. The van der Waals surface area contributed by atoms with E-state index in [-0.39, 0.29) is 6.10 Å². The molecule has 1 aromatic carbocycles. The SMILES string of the molecule is CC1CCC(CC2CCc3ccccc3C2O)O1. The predicted octanol–water partition coefficient (Wildman–Crippen LogP) is 3.24. The first kappa shape index (κ1) is 12.2. The molecule has 2 heteroatoms. The number of ether oxygens (including phenoxy) is 1.